The van der Waals surface area contributed by atoms with Gasteiger partial charge in [-0.25, -0.2) is 11.6 Å². The van der Waals surface area contributed by atoms with Crippen LogP contribution in [0.15, 0.2) is 17.1 Å². The Morgan fingerprint density at radius 1 is 1.53 bits per heavy atom. The SMILES string of the molecule is CC.Cc1[c-]cn(CC(N)=O)c(=O)c1.[Y]. The van der Waals surface area contributed by atoms with Crippen molar-refractivity contribution >= 4 is 5.91 Å². The van der Waals surface area contributed by atoms with Crippen LogP contribution in [0.25, 0.3) is 0 Å². The number of aromatic nitrogens is 1. The van der Waals surface area contributed by atoms with Crippen LogP contribution < -0.4 is 11.3 Å². The Balaban J connectivity index is 0. The van der Waals surface area contributed by atoms with Gasteiger partial charge in [-0.15, -0.1) is 6.07 Å². The first-order valence-corrected chi connectivity index (χ1v) is 4.46. The molecule has 1 aromatic heterocycles. The van der Waals surface area contributed by atoms with E-state index in [1.807, 2.05) is 13.8 Å². The molecule has 0 aliphatic carbocycles. The number of carbonyl (C=O) groups is 1. The van der Waals surface area contributed by atoms with Gasteiger partial charge in [-0.1, -0.05) is 27.0 Å². The Morgan fingerprint density at radius 2 is 2.07 bits per heavy atom. The minimum atomic E-state index is -0.533. The molecule has 15 heavy (non-hydrogen) atoms. The molecule has 0 saturated heterocycles. The second-order valence-electron chi connectivity index (χ2n) is 2.53. The van der Waals surface area contributed by atoms with Gasteiger partial charge in [-0.05, 0) is 0 Å². The summed E-state index contributed by atoms with van der Waals surface area (Å²) in [5.41, 5.74) is 5.44. The molecule has 5 heteroatoms. The van der Waals surface area contributed by atoms with Crippen LogP contribution in [0.4, 0.5) is 0 Å². The predicted octanol–water partition coefficient (Wildman–Crippen LogP) is 0.466. The summed E-state index contributed by atoms with van der Waals surface area (Å²) in [6.45, 7) is 5.67. The molecule has 4 nitrogen and oxygen atoms in total. The van der Waals surface area contributed by atoms with Gasteiger partial charge in [0.2, 0.25) is 5.91 Å². The number of amides is 1. The standard InChI is InChI=1S/C8H9N2O2.C2H6.Y/c1-6-2-3-10(5-7(9)11)8(12)4-6;1-2;/h3-4H,5H2,1H3,(H2,9,11);1-2H3;/q-1;;. The van der Waals surface area contributed by atoms with Crippen LogP contribution in [-0.2, 0) is 44.0 Å². The fraction of sp³-hybridized carbons (Fsp3) is 0.400. The molecule has 0 aliphatic heterocycles. The van der Waals surface area contributed by atoms with Crippen molar-refractivity contribution in [3.8, 4) is 0 Å². The van der Waals surface area contributed by atoms with Gasteiger partial charge in [0.1, 0.15) is 6.54 Å². The summed E-state index contributed by atoms with van der Waals surface area (Å²) in [5.74, 6) is -0.533. The second kappa shape index (κ2) is 8.80. The first kappa shape index (κ1) is 16.9. The van der Waals surface area contributed by atoms with E-state index in [9.17, 15) is 9.59 Å². The molecule has 0 aliphatic rings. The summed E-state index contributed by atoms with van der Waals surface area (Å²) in [4.78, 5) is 21.6. The smallest absolute Gasteiger partial charge is 0.237 e. The van der Waals surface area contributed by atoms with Crippen molar-refractivity contribution in [1.82, 2.24) is 4.57 Å². The zero-order valence-corrected chi connectivity index (χ0v) is 12.1. The van der Waals surface area contributed by atoms with Crippen molar-refractivity contribution in [2.45, 2.75) is 27.3 Å². The summed E-state index contributed by atoms with van der Waals surface area (Å²) in [7, 11) is 0. The molecule has 1 heterocycles. The monoisotopic (exact) mass is 284 g/mol. The number of pyridine rings is 1. The van der Waals surface area contributed by atoms with E-state index < -0.39 is 5.91 Å². The molecule has 1 aromatic rings. The zero-order valence-electron chi connectivity index (χ0n) is 9.28. The van der Waals surface area contributed by atoms with Gasteiger partial charge in [0, 0.05) is 32.7 Å². The van der Waals surface area contributed by atoms with E-state index in [0.717, 1.165) is 5.56 Å². The quantitative estimate of drug-likeness (QED) is 0.802. The Morgan fingerprint density at radius 3 is 2.47 bits per heavy atom. The van der Waals surface area contributed by atoms with Gasteiger partial charge < -0.3 is 10.3 Å². The number of carbonyl (C=O) groups excluding carboxylic acids is 1. The summed E-state index contributed by atoms with van der Waals surface area (Å²) in [6.07, 6.45) is 1.43. The first-order chi connectivity index (χ1) is 6.59. The summed E-state index contributed by atoms with van der Waals surface area (Å²) >= 11 is 0. The number of aryl methyl sites for hydroxylation is 1. The Kier molecular flexibility index (Phi) is 9.94. The molecule has 0 unspecified atom stereocenters. The van der Waals surface area contributed by atoms with E-state index in [2.05, 4.69) is 6.07 Å². The average molecular weight is 284 g/mol. The number of rotatable bonds is 2. The topological polar surface area (TPSA) is 65.1 Å². The van der Waals surface area contributed by atoms with Crippen LogP contribution in [0.5, 0.6) is 0 Å². The molecule has 0 bridgehead atoms. The van der Waals surface area contributed by atoms with E-state index in [4.69, 9.17) is 5.73 Å². The largest absolute Gasteiger partial charge is 0.368 e. The second-order valence-corrected chi connectivity index (χ2v) is 2.53. The molecule has 81 valence electrons. The van der Waals surface area contributed by atoms with Gasteiger partial charge in [0.25, 0.3) is 0 Å². The van der Waals surface area contributed by atoms with E-state index in [1.165, 1.54) is 16.8 Å². The fourth-order valence-corrected chi connectivity index (χ4v) is 0.845. The number of nitrogens with two attached hydrogens (primary N) is 1. The van der Waals surface area contributed by atoms with Crippen molar-refractivity contribution in [2.24, 2.45) is 5.73 Å². The Hall–Kier alpha value is -0.476. The van der Waals surface area contributed by atoms with Crippen molar-refractivity contribution in [2.75, 3.05) is 0 Å². The zero-order chi connectivity index (χ0) is 11.1. The molecule has 1 amide bonds. The molecule has 1 rings (SSSR count). The Labute approximate surface area is 115 Å². The van der Waals surface area contributed by atoms with E-state index in [1.54, 1.807) is 6.92 Å². The molecule has 1 radical (unpaired) electrons. The number of hydrogen-bond donors (Lipinski definition) is 1. The van der Waals surface area contributed by atoms with E-state index in [0.29, 0.717) is 0 Å². The van der Waals surface area contributed by atoms with Crippen molar-refractivity contribution in [3.05, 3.63) is 34.2 Å². The van der Waals surface area contributed by atoms with Gasteiger partial charge in [-0.3, -0.25) is 9.59 Å². The minimum absolute atomic E-state index is 0. The van der Waals surface area contributed by atoms with Gasteiger partial charge >= 0.3 is 0 Å². The van der Waals surface area contributed by atoms with Gasteiger partial charge in [0.15, 0.2) is 5.56 Å². The summed E-state index contributed by atoms with van der Waals surface area (Å²) in [6, 6.07) is 4.21. The first-order valence-electron chi connectivity index (χ1n) is 4.46. The van der Waals surface area contributed by atoms with Crippen LogP contribution in [0.2, 0.25) is 0 Å². The van der Waals surface area contributed by atoms with Crippen LogP contribution in [0.3, 0.4) is 0 Å². The molecular weight excluding hydrogens is 269 g/mol. The average Bonchev–Trinajstić information content (AvgIpc) is 2.13. The minimum Gasteiger partial charge on any atom is -0.368 e. The normalized spacial score (nSPS) is 8.20. The summed E-state index contributed by atoms with van der Waals surface area (Å²) in [5, 5.41) is 0. The van der Waals surface area contributed by atoms with Crippen LogP contribution in [-0.4, -0.2) is 10.5 Å². The third-order valence-corrected chi connectivity index (χ3v) is 1.40. The van der Waals surface area contributed by atoms with Crippen LogP contribution >= 0.6 is 0 Å². The van der Waals surface area contributed by atoms with E-state index in [-0.39, 0.29) is 44.8 Å². The molecule has 0 atom stereocenters. The van der Waals surface area contributed by atoms with Crippen LogP contribution in [0.1, 0.15) is 19.4 Å². The number of hydrogen-bond acceptors (Lipinski definition) is 2. The van der Waals surface area contributed by atoms with Gasteiger partial charge in [0.05, 0.1) is 0 Å². The molecular formula is C10H15N2O2Y-. The van der Waals surface area contributed by atoms with Crippen molar-refractivity contribution in [1.29, 1.82) is 0 Å². The third kappa shape index (κ3) is 6.58. The maximum absolute atomic E-state index is 11.1. The molecule has 0 saturated carbocycles. The van der Waals surface area contributed by atoms with Gasteiger partial charge in [-0.2, -0.15) is 0 Å². The summed E-state index contributed by atoms with van der Waals surface area (Å²) < 4.78 is 1.22. The number of nitrogens with zero attached hydrogens (tertiary/aromatic N) is 1. The fourth-order valence-electron chi connectivity index (χ4n) is 0.845. The number of primary amides is 1. The maximum Gasteiger partial charge on any atom is 0.237 e. The van der Waals surface area contributed by atoms with Crippen LogP contribution in [0, 0.1) is 13.0 Å². The molecule has 0 fully saturated rings. The molecule has 0 aromatic carbocycles. The van der Waals surface area contributed by atoms with Crippen molar-refractivity contribution < 1.29 is 37.5 Å². The predicted molar refractivity (Wildman–Crippen MR) is 54.8 cm³/mol. The Bertz CT molecular complexity index is 361. The van der Waals surface area contributed by atoms with Crippen molar-refractivity contribution in [3.63, 3.8) is 0 Å². The van der Waals surface area contributed by atoms with E-state index >= 15 is 0 Å². The maximum atomic E-state index is 11.1. The molecule has 2 N–H and O–H groups in total. The molecule has 0 spiro atoms. The third-order valence-electron chi connectivity index (χ3n) is 1.40.